The second-order valence-electron chi connectivity index (χ2n) is 7.47. The fourth-order valence-electron chi connectivity index (χ4n) is 4.32. The zero-order valence-electron chi connectivity index (χ0n) is 16.1. The molecule has 2 nitrogen and oxygen atoms in total. The van der Waals surface area contributed by atoms with E-state index in [0.717, 1.165) is 42.4 Å². The van der Waals surface area contributed by atoms with Crippen molar-refractivity contribution < 1.29 is 9.53 Å². The molecular formula is C26H26O2. The first-order valence-electron chi connectivity index (χ1n) is 10.1. The first-order valence-corrected chi connectivity index (χ1v) is 10.1. The summed E-state index contributed by atoms with van der Waals surface area (Å²) in [6, 6.07) is 31.2. The maximum atomic E-state index is 12.1. The van der Waals surface area contributed by atoms with E-state index >= 15 is 0 Å². The van der Waals surface area contributed by atoms with E-state index < -0.39 is 5.60 Å². The van der Waals surface area contributed by atoms with Crippen molar-refractivity contribution >= 4 is 5.78 Å². The van der Waals surface area contributed by atoms with Gasteiger partial charge in [0, 0.05) is 18.9 Å². The Hall–Kier alpha value is -2.71. The molecule has 0 saturated heterocycles. The van der Waals surface area contributed by atoms with Crippen molar-refractivity contribution in [2.75, 3.05) is 6.61 Å². The Morgan fingerprint density at radius 3 is 1.61 bits per heavy atom. The van der Waals surface area contributed by atoms with Crippen LogP contribution in [0.25, 0.3) is 0 Å². The first-order chi connectivity index (χ1) is 13.8. The summed E-state index contributed by atoms with van der Waals surface area (Å²) in [5.41, 5.74) is 2.62. The highest BCUT2D eigenvalue weighted by Gasteiger charge is 2.37. The molecule has 28 heavy (non-hydrogen) atoms. The number of ether oxygens (including phenoxy) is 1. The van der Waals surface area contributed by atoms with Crippen LogP contribution in [0.15, 0.2) is 91.0 Å². The molecule has 0 spiro atoms. The minimum absolute atomic E-state index is 0.153. The van der Waals surface area contributed by atoms with Crippen molar-refractivity contribution in [3.63, 3.8) is 0 Å². The van der Waals surface area contributed by atoms with Crippen LogP contribution in [0.5, 0.6) is 0 Å². The lowest BCUT2D eigenvalue weighted by molar-refractivity contribution is -0.121. The lowest BCUT2D eigenvalue weighted by Crippen LogP contribution is -2.33. The summed E-state index contributed by atoms with van der Waals surface area (Å²) in [7, 11) is 0. The standard InChI is InChI=1S/C26H26O2/c27-25-18-10-11-21(25)19-20-28-26(22-12-4-1-5-13-22,23-14-6-2-7-15-23)24-16-8-3-9-17-24/h1-9,12-17,21H,10-11,18-20H2. The minimum Gasteiger partial charge on any atom is -0.361 e. The largest absolute Gasteiger partial charge is 0.361 e. The van der Waals surface area contributed by atoms with Crippen molar-refractivity contribution in [2.45, 2.75) is 31.3 Å². The number of rotatable bonds is 7. The zero-order chi connectivity index (χ0) is 19.2. The van der Waals surface area contributed by atoms with Gasteiger partial charge in [0.2, 0.25) is 0 Å². The molecule has 2 heteroatoms. The Morgan fingerprint density at radius 1 is 0.750 bits per heavy atom. The fourth-order valence-corrected chi connectivity index (χ4v) is 4.32. The molecule has 1 aliphatic carbocycles. The number of Topliss-reactive ketones (excluding diaryl/α,β-unsaturated/α-hetero) is 1. The van der Waals surface area contributed by atoms with E-state index in [9.17, 15) is 4.79 Å². The van der Waals surface area contributed by atoms with E-state index in [0.29, 0.717) is 12.4 Å². The van der Waals surface area contributed by atoms with Crippen molar-refractivity contribution in [1.82, 2.24) is 0 Å². The molecule has 1 unspecified atom stereocenters. The van der Waals surface area contributed by atoms with Gasteiger partial charge in [-0.15, -0.1) is 0 Å². The number of carbonyl (C=O) groups is 1. The fraction of sp³-hybridized carbons (Fsp3) is 0.269. The van der Waals surface area contributed by atoms with E-state index in [1.165, 1.54) is 0 Å². The molecule has 1 atom stereocenters. The summed E-state index contributed by atoms with van der Waals surface area (Å²) < 4.78 is 6.75. The molecule has 1 fully saturated rings. The maximum absolute atomic E-state index is 12.1. The molecule has 1 aliphatic rings. The number of hydrogen-bond acceptors (Lipinski definition) is 2. The molecule has 0 amide bonds. The van der Waals surface area contributed by atoms with Gasteiger partial charge in [-0.05, 0) is 36.0 Å². The monoisotopic (exact) mass is 370 g/mol. The van der Waals surface area contributed by atoms with Crippen molar-refractivity contribution in [1.29, 1.82) is 0 Å². The van der Waals surface area contributed by atoms with E-state index in [1.807, 2.05) is 18.2 Å². The smallest absolute Gasteiger partial charge is 0.143 e. The maximum Gasteiger partial charge on any atom is 0.143 e. The van der Waals surface area contributed by atoms with Crippen LogP contribution in [0, 0.1) is 5.92 Å². The van der Waals surface area contributed by atoms with Crippen LogP contribution in [0.1, 0.15) is 42.4 Å². The molecule has 0 bridgehead atoms. The predicted octanol–water partition coefficient (Wildman–Crippen LogP) is 5.75. The number of ketones is 1. The van der Waals surface area contributed by atoms with Crippen LogP contribution in [0.2, 0.25) is 0 Å². The number of hydrogen-bond donors (Lipinski definition) is 0. The second-order valence-corrected chi connectivity index (χ2v) is 7.47. The second kappa shape index (κ2) is 8.53. The zero-order valence-corrected chi connectivity index (χ0v) is 16.1. The van der Waals surface area contributed by atoms with Crippen LogP contribution in [0.4, 0.5) is 0 Å². The number of carbonyl (C=O) groups excluding carboxylic acids is 1. The molecule has 0 aliphatic heterocycles. The van der Waals surface area contributed by atoms with Crippen molar-refractivity contribution in [3.8, 4) is 0 Å². The Morgan fingerprint density at radius 2 is 1.21 bits per heavy atom. The Labute approximate surface area is 167 Å². The quantitative estimate of drug-likeness (QED) is 0.495. The molecule has 0 heterocycles. The van der Waals surface area contributed by atoms with Crippen LogP contribution in [-0.4, -0.2) is 12.4 Å². The third-order valence-electron chi connectivity index (χ3n) is 5.76. The van der Waals surface area contributed by atoms with Crippen LogP contribution < -0.4 is 0 Å². The molecule has 0 radical (unpaired) electrons. The summed E-state index contributed by atoms with van der Waals surface area (Å²) in [4.78, 5) is 12.1. The molecule has 0 N–H and O–H groups in total. The summed E-state index contributed by atoms with van der Waals surface area (Å²) in [6.45, 7) is 0.551. The molecule has 1 saturated carbocycles. The Bertz CT molecular complexity index is 791. The summed E-state index contributed by atoms with van der Waals surface area (Å²) in [5, 5.41) is 0. The summed E-state index contributed by atoms with van der Waals surface area (Å²) in [6.07, 6.45) is 3.53. The summed E-state index contributed by atoms with van der Waals surface area (Å²) in [5.74, 6) is 0.549. The minimum atomic E-state index is -0.689. The molecule has 0 aromatic heterocycles. The van der Waals surface area contributed by atoms with Gasteiger partial charge in [0.25, 0.3) is 0 Å². The van der Waals surface area contributed by atoms with Gasteiger partial charge in [-0.3, -0.25) is 4.79 Å². The lowest BCUT2D eigenvalue weighted by atomic mass is 9.80. The summed E-state index contributed by atoms with van der Waals surface area (Å²) >= 11 is 0. The van der Waals surface area contributed by atoms with Gasteiger partial charge >= 0.3 is 0 Å². The highest BCUT2D eigenvalue weighted by Crippen LogP contribution is 2.41. The van der Waals surface area contributed by atoms with Gasteiger partial charge in [-0.25, -0.2) is 0 Å². The molecule has 142 valence electrons. The van der Waals surface area contributed by atoms with Gasteiger partial charge in [0.1, 0.15) is 11.4 Å². The van der Waals surface area contributed by atoms with Crippen molar-refractivity contribution in [2.24, 2.45) is 5.92 Å². The van der Waals surface area contributed by atoms with Gasteiger partial charge in [0.05, 0.1) is 0 Å². The average molecular weight is 370 g/mol. The van der Waals surface area contributed by atoms with Crippen molar-refractivity contribution in [3.05, 3.63) is 108 Å². The van der Waals surface area contributed by atoms with Gasteiger partial charge in [-0.2, -0.15) is 0 Å². The lowest BCUT2D eigenvalue weighted by Gasteiger charge is -2.36. The van der Waals surface area contributed by atoms with E-state index in [1.54, 1.807) is 0 Å². The van der Waals surface area contributed by atoms with E-state index in [-0.39, 0.29) is 5.92 Å². The number of benzene rings is 3. The topological polar surface area (TPSA) is 26.3 Å². The van der Waals surface area contributed by atoms with Crippen LogP contribution in [-0.2, 0) is 15.1 Å². The SMILES string of the molecule is O=C1CCCC1CCOC(c1ccccc1)(c1ccccc1)c1ccccc1. The third kappa shape index (κ3) is 3.65. The Balaban J connectivity index is 1.75. The highest BCUT2D eigenvalue weighted by atomic mass is 16.5. The van der Waals surface area contributed by atoms with Crippen LogP contribution in [0.3, 0.4) is 0 Å². The van der Waals surface area contributed by atoms with Crippen LogP contribution >= 0.6 is 0 Å². The molecule has 3 aromatic rings. The normalized spacial score (nSPS) is 17.0. The highest BCUT2D eigenvalue weighted by molar-refractivity contribution is 5.82. The first kappa shape index (κ1) is 18.6. The van der Waals surface area contributed by atoms with Gasteiger partial charge in [-0.1, -0.05) is 91.0 Å². The predicted molar refractivity (Wildman–Crippen MR) is 112 cm³/mol. The molecular weight excluding hydrogens is 344 g/mol. The average Bonchev–Trinajstić information content (AvgIpc) is 3.18. The molecule has 4 rings (SSSR count). The molecule has 3 aromatic carbocycles. The Kier molecular flexibility index (Phi) is 5.68. The third-order valence-corrected chi connectivity index (χ3v) is 5.76. The van der Waals surface area contributed by atoms with E-state index in [4.69, 9.17) is 4.74 Å². The van der Waals surface area contributed by atoms with Gasteiger partial charge in [0.15, 0.2) is 0 Å². The van der Waals surface area contributed by atoms with E-state index in [2.05, 4.69) is 72.8 Å². The van der Waals surface area contributed by atoms with Gasteiger partial charge < -0.3 is 4.74 Å².